The lowest BCUT2D eigenvalue weighted by atomic mass is 10.2. The maximum absolute atomic E-state index is 12.8. The Morgan fingerprint density at radius 3 is 2.54 bits per heavy atom. The maximum Gasteiger partial charge on any atom is 0.335 e. The molecule has 9 heteroatoms. The van der Waals surface area contributed by atoms with Gasteiger partial charge in [0.2, 0.25) is 15.9 Å². The van der Waals surface area contributed by atoms with E-state index in [1.807, 2.05) is 0 Å². The molecule has 1 N–H and O–H groups in total. The monoisotopic (exact) mass is 374 g/mol. The molecule has 2 rings (SSSR count). The summed E-state index contributed by atoms with van der Waals surface area (Å²) in [6.45, 7) is 2.98. The molecular formula is C15H19ClN2O5S. The molecule has 1 aliphatic rings. The summed E-state index contributed by atoms with van der Waals surface area (Å²) in [5, 5.41) is 9.03. The molecule has 0 aliphatic carbocycles. The van der Waals surface area contributed by atoms with Crippen molar-refractivity contribution in [3.63, 3.8) is 0 Å². The molecule has 24 heavy (non-hydrogen) atoms. The smallest absolute Gasteiger partial charge is 0.335 e. The van der Waals surface area contributed by atoms with Gasteiger partial charge in [-0.05, 0) is 24.6 Å². The largest absolute Gasteiger partial charge is 0.478 e. The van der Waals surface area contributed by atoms with Crippen LogP contribution in [0.2, 0.25) is 5.02 Å². The Kier molecular flexibility index (Phi) is 5.84. The summed E-state index contributed by atoms with van der Waals surface area (Å²) in [7, 11) is -3.93. The molecule has 1 aromatic rings. The third-order valence-corrected chi connectivity index (χ3v) is 6.29. The number of hydrogen-bond acceptors (Lipinski definition) is 4. The molecule has 0 atom stereocenters. The summed E-state index contributed by atoms with van der Waals surface area (Å²) in [5.74, 6) is -1.24. The molecule has 7 nitrogen and oxygen atoms in total. The Balaban J connectivity index is 2.29. The van der Waals surface area contributed by atoms with Crippen LogP contribution in [-0.4, -0.2) is 60.8 Å². The zero-order valence-corrected chi connectivity index (χ0v) is 14.8. The van der Waals surface area contributed by atoms with Gasteiger partial charge in [-0.25, -0.2) is 13.2 Å². The van der Waals surface area contributed by atoms with Crippen LogP contribution in [0, 0.1) is 0 Å². The lowest BCUT2D eigenvalue weighted by Gasteiger charge is -2.22. The molecule has 132 valence electrons. The molecule has 1 heterocycles. The van der Waals surface area contributed by atoms with Crippen molar-refractivity contribution in [3.8, 4) is 0 Å². The maximum atomic E-state index is 12.8. The average molecular weight is 375 g/mol. The summed E-state index contributed by atoms with van der Waals surface area (Å²) < 4.78 is 26.9. The molecule has 1 saturated heterocycles. The van der Waals surface area contributed by atoms with Crippen LogP contribution >= 0.6 is 11.6 Å². The molecule has 1 fully saturated rings. The number of sulfonamides is 1. The zero-order chi connectivity index (χ0) is 17.9. The summed E-state index contributed by atoms with van der Waals surface area (Å²) in [5.41, 5.74) is -0.143. The standard InChI is InChI=1S/C15H19ClN2O5S/c1-2-14(19)17-6-3-7-18(9-8-17)24(22,23)13-10-11(15(20)21)4-5-12(13)16/h4-5,10H,2-3,6-9H2,1H3,(H,20,21). The van der Waals surface area contributed by atoms with E-state index in [1.165, 1.54) is 16.4 Å². The predicted octanol–water partition coefficient (Wildman–Crippen LogP) is 1.67. The third kappa shape index (κ3) is 3.88. The number of benzene rings is 1. The molecule has 0 bridgehead atoms. The van der Waals surface area contributed by atoms with Crippen LogP contribution in [0.4, 0.5) is 0 Å². The van der Waals surface area contributed by atoms with E-state index in [2.05, 4.69) is 0 Å². The number of rotatable bonds is 4. The van der Waals surface area contributed by atoms with Gasteiger partial charge in [0, 0.05) is 32.6 Å². The molecule has 1 aliphatic heterocycles. The van der Waals surface area contributed by atoms with Crippen LogP contribution in [-0.2, 0) is 14.8 Å². The quantitative estimate of drug-likeness (QED) is 0.864. The first kappa shape index (κ1) is 18.7. The molecule has 0 unspecified atom stereocenters. The number of carboxylic acid groups (broad SMARTS) is 1. The van der Waals surface area contributed by atoms with Crippen LogP contribution in [0.3, 0.4) is 0 Å². The highest BCUT2D eigenvalue weighted by molar-refractivity contribution is 7.89. The summed E-state index contributed by atoms with van der Waals surface area (Å²) in [4.78, 5) is 24.3. The highest BCUT2D eigenvalue weighted by atomic mass is 35.5. The normalized spacial score (nSPS) is 16.7. The van der Waals surface area contributed by atoms with Crippen molar-refractivity contribution in [1.29, 1.82) is 0 Å². The lowest BCUT2D eigenvalue weighted by molar-refractivity contribution is -0.130. The van der Waals surface area contributed by atoms with Crippen molar-refractivity contribution < 1.29 is 23.1 Å². The van der Waals surface area contributed by atoms with E-state index in [0.29, 0.717) is 25.9 Å². The zero-order valence-electron chi connectivity index (χ0n) is 13.2. The molecular weight excluding hydrogens is 356 g/mol. The van der Waals surface area contributed by atoms with Crippen molar-refractivity contribution in [2.24, 2.45) is 0 Å². The van der Waals surface area contributed by atoms with Crippen molar-refractivity contribution in [2.75, 3.05) is 26.2 Å². The first-order valence-electron chi connectivity index (χ1n) is 7.58. The average Bonchev–Trinajstić information content (AvgIpc) is 2.80. The number of halogens is 1. The first-order valence-corrected chi connectivity index (χ1v) is 9.40. The number of aromatic carboxylic acids is 1. The molecule has 1 amide bonds. The topological polar surface area (TPSA) is 95.0 Å². The van der Waals surface area contributed by atoms with Crippen molar-refractivity contribution in [1.82, 2.24) is 9.21 Å². The van der Waals surface area contributed by atoms with Gasteiger partial charge in [-0.15, -0.1) is 0 Å². The van der Waals surface area contributed by atoms with Gasteiger partial charge in [0.05, 0.1) is 10.6 Å². The molecule has 0 aromatic heterocycles. The van der Waals surface area contributed by atoms with Gasteiger partial charge >= 0.3 is 5.97 Å². The Hall–Kier alpha value is -1.64. The summed E-state index contributed by atoms with van der Waals surface area (Å²) in [6.07, 6.45) is 0.889. The van der Waals surface area contributed by atoms with Gasteiger partial charge in [-0.2, -0.15) is 4.31 Å². The second kappa shape index (κ2) is 7.50. The Morgan fingerprint density at radius 1 is 1.21 bits per heavy atom. The van der Waals surface area contributed by atoms with Crippen molar-refractivity contribution in [3.05, 3.63) is 28.8 Å². The Morgan fingerprint density at radius 2 is 1.92 bits per heavy atom. The second-order valence-electron chi connectivity index (χ2n) is 5.44. The SMILES string of the molecule is CCC(=O)N1CCCN(S(=O)(=O)c2cc(C(=O)O)ccc2Cl)CC1. The minimum Gasteiger partial charge on any atom is -0.478 e. The second-order valence-corrected chi connectivity index (χ2v) is 7.76. The summed E-state index contributed by atoms with van der Waals surface area (Å²) in [6, 6.07) is 3.59. The van der Waals surface area contributed by atoms with E-state index in [1.54, 1.807) is 11.8 Å². The Labute approximate surface area is 145 Å². The van der Waals surface area contributed by atoms with Crippen molar-refractivity contribution in [2.45, 2.75) is 24.7 Å². The number of hydrogen-bond donors (Lipinski definition) is 1. The van der Waals surface area contributed by atoms with Gasteiger partial charge in [0.1, 0.15) is 4.90 Å². The molecule has 0 spiro atoms. The van der Waals surface area contributed by atoms with E-state index in [4.69, 9.17) is 16.7 Å². The molecule has 0 saturated carbocycles. The highest BCUT2D eigenvalue weighted by Crippen LogP contribution is 2.26. The minimum atomic E-state index is -3.93. The van der Waals surface area contributed by atoms with Crippen molar-refractivity contribution >= 4 is 33.5 Å². The fourth-order valence-electron chi connectivity index (χ4n) is 2.58. The number of amides is 1. The van der Waals surface area contributed by atoms with Gasteiger partial charge in [0.15, 0.2) is 0 Å². The Bertz CT molecular complexity index is 750. The van der Waals surface area contributed by atoms with E-state index in [0.717, 1.165) is 6.07 Å². The first-order chi connectivity index (χ1) is 11.3. The van der Waals surface area contributed by atoms with E-state index in [9.17, 15) is 18.0 Å². The van der Waals surface area contributed by atoms with Crippen LogP contribution in [0.5, 0.6) is 0 Å². The van der Waals surface area contributed by atoms with Crippen LogP contribution in [0.15, 0.2) is 23.1 Å². The summed E-state index contributed by atoms with van der Waals surface area (Å²) >= 11 is 5.98. The number of carbonyl (C=O) groups excluding carboxylic acids is 1. The minimum absolute atomic E-state index is 0.0137. The van der Waals surface area contributed by atoms with E-state index in [-0.39, 0.29) is 34.5 Å². The predicted molar refractivity (Wildman–Crippen MR) is 88.7 cm³/mol. The van der Waals surface area contributed by atoms with Gasteiger partial charge in [0.25, 0.3) is 0 Å². The lowest BCUT2D eigenvalue weighted by Crippen LogP contribution is -2.37. The van der Waals surface area contributed by atoms with E-state index < -0.39 is 16.0 Å². The van der Waals surface area contributed by atoms with Gasteiger partial charge in [-0.3, -0.25) is 4.79 Å². The highest BCUT2D eigenvalue weighted by Gasteiger charge is 2.30. The van der Waals surface area contributed by atoms with E-state index >= 15 is 0 Å². The number of carbonyl (C=O) groups is 2. The number of carboxylic acids is 1. The molecule has 0 radical (unpaired) electrons. The van der Waals surface area contributed by atoms with Crippen LogP contribution in [0.1, 0.15) is 30.1 Å². The number of nitrogens with zero attached hydrogens (tertiary/aromatic N) is 2. The van der Waals surface area contributed by atoms with Gasteiger partial charge < -0.3 is 10.0 Å². The van der Waals surface area contributed by atoms with Crippen LogP contribution in [0.25, 0.3) is 0 Å². The fourth-order valence-corrected chi connectivity index (χ4v) is 4.55. The van der Waals surface area contributed by atoms with Gasteiger partial charge in [-0.1, -0.05) is 18.5 Å². The van der Waals surface area contributed by atoms with Crippen LogP contribution < -0.4 is 0 Å². The molecule has 1 aromatic carbocycles. The fraction of sp³-hybridized carbons (Fsp3) is 0.467. The third-order valence-electron chi connectivity index (χ3n) is 3.91.